The van der Waals surface area contributed by atoms with Crippen LogP contribution in [0.15, 0.2) is 0 Å². The summed E-state index contributed by atoms with van der Waals surface area (Å²) in [4.78, 5) is 11.9. The van der Waals surface area contributed by atoms with Crippen LogP contribution in [-0.2, 0) is 7.05 Å². The van der Waals surface area contributed by atoms with Gasteiger partial charge in [0.25, 0.3) is 5.91 Å². The van der Waals surface area contributed by atoms with Crippen molar-refractivity contribution in [3.8, 4) is 0 Å². The maximum Gasteiger partial charge on any atom is 0.274 e. The summed E-state index contributed by atoms with van der Waals surface area (Å²) < 4.78 is 1.61. The van der Waals surface area contributed by atoms with Gasteiger partial charge in [-0.3, -0.25) is 9.48 Å². The first-order valence-corrected chi connectivity index (χ1v) is 5.56. The van der Waals surface area contributed by atoms with Crippen LogP contribution < -0.4 is 10.6 Å². The maximum absolute atomic E-state index is 11.9. The molecule has 0 unspecified atom stereocenters. The summed E-state index contributed by atoms with van der Waals surface area (Å²) in [6.45, 7) is 3.72. The van der Waals surface area contributed by atoms with Crippen LogP contribution in [0.1, 0.15) is 29.0 Å². The van der Waals surface area contributed by atoms with E-state index in [1.165, 1.54) is 0 Å². The average Bonchev–Trinajstić information content (AvgIpc) is 2.61. The minimum Gasteiger partial charge on any atom is -0.347 e. The van der Waals surface area contributed by atoms with Gasteiger partial charge in [0.2, 0.25) is 0 Å². The van der Waals surface area contributed by atoms with E-state index < -0.39 is 0 Å². The number of aryl methyl sites for hydroxylation is 1. The van der Waals surface area contributed by atoms with E-state index in [2.05, 4.69) is 20.9 Å². The summed E-state index contributed by atoms with van der Waals surface area (Å²) in [5, 5.41) is 13.9. The standard InChI is InChI=1S/C10H17N5O.ClH/c1-7-9(13-14-15(7)2)10(16)12-8-4-3-5-11-6-8;/h8,11H,3-6H2,1-2H3,(H,12,16);1H/t8-;/m0./s1. The number of rotatable bonds is 2. The molecule has 1 aliphatic rings. The monoisotopic (exact) mass is 259 g/mol. The van der Waals surface area contributed by atoms with Crippen molar-refractivity contribution in [2.75, 3.05) is 13.1 Å². The van der Waals surface area contributed by atoms with Gasteiger partial charge in [-0.2, -0.15) is 0 Å². The second kappa shape index (κ2) is 5.97. The number of carbonyl (C=O) groups is 1. The van der Waals surface area contributed by atoms with Crippen LogP contribution in [-0.4, -0.2) is 40.0 Å². The SMILES string of the molecule is Cc1c(C(=O)N[C@H]2CCCNC2)nnn1C.Cl. The van der Waals surface area contributed by atoms with Crippen molar-refractivity contribution in [3.05, 3.63) is 11.4 Å². The summed E-state index contributed by atoms with van der Waals surface area (Å²) in [5.74, 6) is -0.126. The smallest absolute Gasteiger partial charge is 0.274 e. The van der Waals surface area contributed by atoms with Crippen LogP contribution in [0.2, 0.25) is 0 Å². The zero-order chi connectivity index (χ0) is 11.5. The highest BCUT2D eigenvalue weighted by Crippen LogP contribution is 2.05. The maximum atomic E-state index is 11.9. The summed E-state index contributed by atoms with van der Waals surface area (Å²) in [5.41, 5.74) is 1.22. The number of hydrogen-bond acceptors (Lipinski definition) is 4. The van der Waals surface area contributed by atoms with Crippen molar-refractivity contribution < 1.29 is 4.79 Å². The Kier molecular flexibility index (Phi) is 4.89. The molecule has 1 saturated heterocycles. The molecule has 0 aromatic carbocycles. The molecule has 1 aromatic rings. The molecule has 2 rings (SSSR count). The lowest BCUT2D eigenvalue weighted by Crippen LogP contribution is -2.45. The quantitative estimate of drug-likeness (QED) is 0.786. The summed E-state index contributed by atoms with van der Waals surface area (Å²) in [6, 6.07) is 0.211. The van der Waals surface area contributed by atoms with E-state index in [0.717, 1.165) is 31.6 Å². The van der Waals surface area contributed by atoms with Crippen molar-refractivity contribution in [2.24, 2.45) is 7.05 Å². The highest BCUT2D eigenvalue weighted by atomic mass is 35.5. The first-order chi connectivity index (χ1) is 7.68. The minimum atomic E-state index is -0.126. The van der Waals surface area contributed by atoms with E-state index >= 15 is 0 Å². The zero-order valence-electron chi connectivity index (χ0n) is 10.1. The lowest BCUT2D eigenvalue weighted by molar-refractivity contribution is 0.0925. The van der Waals surface area contributed by atoms with E-state index in [-0.39, 0.29) is 24.4 Å². The molecule has 0 aliphatic carbocycles. The molecule has 1 aliphatic heterocycles. The molecule has 1 fully saturated rings. The number of amides is 1. The Balaban J connectivity index is 0.00000144. The van der Waals surface area contributed by atoms with Crippen molar-refractivity contribution in [1.82, 2.24) is 25.6 Å². The predicted octanol–water partition coefficient (Wildman–Crippen LogP) is 0.0271. The predicted molar refractivity (Wildman–Crippen MR) is 66.3 cm³/mol. The first kappa shape index (κ1) is 13.9. The van der Waals surface area contributed by atoms with Gasteiger partial charge >= 0.3 is 0 Å². The van der Waals surface area contributed by atoms with Gasteiger partial charge in [-0.15, -0.1) is 17.5 Å². The Morgan fingerprint density at radius 1 is 1.59 bits per heavy atom. The summed E-state index contributed by atoms with van der Waals surface area (Å²) in [7, 11) is 1.78. The van der Waals surface area contributed by atoms with Crippen LogP contribution >= 0.6 is 12.4 Å². The number of piperidine rings is 1. The van der Waals surface area contributed by atoms with Crippen LogP contribution in [0.3, 0.4) is 0 Å². The molecular formula is C10H18ClN5O. The van der Waals surface area contributed by atoms with Crippen LogP contribution in [0.25, 0.3) is 0 Å². The van der Waals surface area contributed by atoms with Crippen LogP contribution in [0.5, 0.6) is 0 Å². The lowest BCUT2D eigenvalue weighted by Gasteiger charge is -2.23. The van der Waals surface area contributed by atoms with Gasteiger partial charge in [-0.25, -0.2) is 0 Å². The Morgan fingerprint density at radius 3 is 2.88 bits per heavy atom. The summed E-state index contributed by atoms with van der Waals surface area (Å²) >= 11 is 0. The highest BCUT2D eigenvalue weighted by molar-refractivity contribution is 5.93. The minimum absolute atomic E-state index is 0. The fourth-order valence-corrected chi connectivity index (χ4v) is 1.84. The molecule has 7 heteroatoms. The molecule has 2 N–H and O–H groups in total. The molecule has 0 spiro atoms. The third-order valence-corrected chi connectivity index (χ3v) is 2.95. The second-order valence-electron chi connectivity index (χ2n) is 4.16. The van der Waals surface area contributed by atoms with Gasteiger partial charge in [-0.05, 0) is 26.3 Å². The summed E-state index contributed by atoms with van der Waals surface area (Å²) in [6.07, 6.45) is 2.13. The van der Waals surface area contributed by atoms with Gasteiger partial charge in [0, 0.05) is 19.6 Å². The highest BCUT2D eigenvalue weighted by Gasteiger charge is 2.20. The fraction of sp³-hybridized carbons (Fsp3) is 0.700. The molecule has 1 atom stereocenters. The van der Waals surface area contributed by atoms with E-state index in [4.69, 9.17) is 0 Å². The fourth-order valence-electron chi connectivity index (χ4n) is 1.84. The second-order valence-corrected chi connectivity index (χ2v) is 4.16. The molecule has 6 nitrogen and oxygen atoms in total. The Bertz CT molecular complexity index is 386. The van der Waals surface area contributed by atoms with Gasteiger partial charge in [0.05, 0.1) is 5.69 Å². The van der Waals surface area contributed by atoms with Crippen molar-refractivity contribution in [1.29, 1.82) is 0 Å². The van der Waals surface area contributed by atoms with Gasteiger partial charge in [-0.1, -0.05) is 5.21 Å². The van der Waals surface area contributed by atoms with E-state index in [1.54, 1.807) is 11.7 Å². The first-order valence-electron chi connectivity index (χ1n) is 5.56. The Hall–Kier alpha value is -1.14. The lowest BCUT2D eigenvalue weighted by atomic mass is 10.1. The largest absolute Gasteiger partial charge is 0.347 e. The molecule has 17 heavy (non-hydrogen) atoms. The number of aromatic nitrogens is 3. The van der Waals surface area contributed by atoms with Crippen molar-refractivity contribution >= 4 is 18.3 Å². The Morgan fingerprint density at radius 2 is 2.35 bits per heavy atom. The molecule has 0 bridgehead atoms. The number of hydrogen-bond donors (Lipinski definition) is 2. The molecular weight excluding hydrogens is 242 g/mol. The topological polar surface area (TPSA) is 71.8 Å². The molecule has 0 saturated carbocycles. The van der Waals surface area contributed by atoms with Gasteiger partial charge in [0.1, 0.15) is 0 Å². The van der Waals surface area contributed by atoms with E-state index in [1.807, 2.05) is 6.92 Å². The van der Waals surface area contributed by atoms with Crippen LogP contribution in [0, 0.1) is 6.92 Å². The zero-order valence-corrected chi connectivity index (χ0v) is 10.9. The number of carbonyl (C=O) groups excluding carboxylic acids is 1. The van der Waals surface area contributed by atoms with Crippen molar-refractivity contribution in [2.45, 2.75) is 25.8 Å². The Labute approximate surface area is 107 Å². The molecule has 2 heterocycles. The van der Waals surface area contributed by atoms with E-state index in [0.29, 0.717) is 5.69 Å². The van der Waals surface area contributed by atoms with Crippen LogP contribution in [0.4, 0.5) is 0 Å². The number of nitrogens with zero attached hydrogens (tertiary/aromatic N) is 3. The number of halogens is 1. The third kappa shape index (κ3) is 3.17. The molecule has 1 aromatic heterocycles. The van der Waals surface area contributed by atoms with Crippen molar-refractivity contribution in [3.63, 3.8) is 0 Å². The van der Waals surface area contributed by atoms with Gasteiger partial charge < -0.3 is 10.6 Å². The average molecular weight is 260 g/mol. The molecule has 1 amide bonds. The molecule has 96 valence electrons. The normalized spacial score (nSPS) is 19.5. The third-order valence-electron chi connectivity index (χ3n) is 2.95. The molecule has 0 radical (unpaired) electrons. The van der Waals surface area contributed by atoms with Gasteiger partial charge in [0.15, 0.2) is 5.69 Å². The number of nitrogens with one attached hydrogen (secondary N) is 2. The van der Waals surface area contributed by atoms with E-state index in [9.17, 15) is 4.79 Å².